The van der Waals surface area contributed by atoms with Crippen LogP contribution in [-0.2, 0) is 24.2 Å². The maximum absolute atomic E-state index is 12.3. The van der Waals surface area contributed by atoms with Gasteiger partial charge in [-0.3, -0.25) is 14.2 Å². The van der Waals surface area contributed by atoms with E-state index in [1.807, 2.05) is 13.8 Å². The van der Waals surface area contributed by atoms with E-state index in [2.05, 4.69) is 4.98 Å². The van der Waals surface area contributed by atoms with Crippen molar-refractivity contribution in [1.29, 1.82) is 0 Å². The average molecular weight is 250 g/mol. The quantitative estimate of drug-likeness (QED) is 0.878. The monoisotopic (exact) mass is 250 g/mol. The summed E-state index contributed by atoms with van der Waals surface area (Å²) >= 11 is 0. The van der Waals surface area contributed by atoms with Crippen molar-refractivity contribution < 1.29 is 9.90 Å². The number of aromatic nitrogens is 2. The smallest absolute Gasteiger partial charge is 0.323 e. The lowest BCUT2D eigenvalue weighted by molar-refractivity contribution is -0.137. The molecule has 0 saturated heterocycles. The van der Waals surface area contributed by atoms with Crippen LogP contribution in [-0.4, -0.2) is 20.6 Å². The molecule has 1 aliphatic rings. The zero-order valence-corrected chi connectivity index (χ0v) is 10.8. The van der Waals surface area contributed by atoms with Gasteiger partial charge in [-0.05, 0) is 25.7 Å². The van der Waals surface area contributed by atoms with Crippen LogP contribution < -0.4 is 5.56 Å². The summed E-state index contributed by atoms with van der Waals surface area (Å²) in [5.74, 6) is -0.371. The molecule has 0 spiro atoms. The third-order valence-corrected chi connectivity index (χ3v) is 3.28. The molecule has 0 saturated carbocycles. The average Bonchev–Trinajstić information content (AvgIpc) is 2.32. The normalized spacial score (nSPS) is 14.6. The minimum absolute atomic E-state index is 0.0456. The van der Waals surface area contributed by atoms with Gasteiger partial charge >= 0.3 is 5.97 Å². The first-order chi connectivity index (χ1) is 8.50. The molecule has 0 bridgehead atoms. The molecular weight excluding hydrogens is 232 g/mol. The van der Waals surface area contributed by atoms with Crippen molar-refractivity contribution in [2.45, 2.75) is 52.0 Å². The van der Waals surface area contributed by atoms with Gasteiger partial charge < -0.3 is 5.11 Å². The number of rotatable bonds is 3. The Labute approximate surface area is 105 Å². The second-order valence-corrected chi connectivity index (χ2v) is 5.04. The van der Waals surface area contributed by atoms with Gasteiger partial charge in [0, 0.05) is 11.5 Å². The molecule has 0 atom stereocenters. The number of hydrogen-bond donors (Lipinski definition) is 1. The minimum atomic E-state index is -1.00. The molecule has 1 aromatic rings. The Kier molecular flexibility index (Phi) is 3.50. The van der Waals surface area contributed by atoms with Gasteiger partial charge in [0.25, 0.3) is 5.56 Å². The Bertz CT molecular complexity index is 532. The fourth-order valence-corrected chi connectivity index (χ4v) is 2.44. The summed E-state index contributed by atoms with van der Waals surface area (Å²) in [5.41, 5.74) is 1.43. The lowest BCUT2D eigenvalue weighted by atomic mass is 9.96. The van der Waals surface area contributed by atoms with Gasteiger partial charge in [-0.25, -0.2) is 4.98 Å². The molecule has 2 rings (SSSR count). The third-order valence-electron chi connectivity index (χ3n) is 3.28. The van der Waals surface area contributed by atoms with Crippen LogP contribution in [0.4, 0.5) is 0 Å². The van der Waals surface area contributed by atoms with Gasteiger partial charge in [-0.15, -0.1) is 0 Å². The largest absolute Gasteiger partial charge is 0.480 e. The van der Waals surface area contributed by atoms with E-state index in [4.69, 9.17) is 5.11 Å². The highest BCUT2D eigenvalue weighted by atomic mass is 16.4. The molecule has 0 fully saturated rings. The van der Waals surface area contributed by atoms with Gasteiger partial charge in [-0.1, -0.05) is 13.8 Å². The van der Waals surface area contributed by atoms with Crippen molar-refractivity contribution in [2.24, 2.45) is 0 Å². The number of carboxylic acids is 1. The second kappa shape index (κ2) is 4.92. The van der Waals surface area contributed by atoms with Crippen LogP contribution in [0, 0.1) is 0 Å². The molecule has 18 heavy (non-hydrogen) atoms. The van der Waals surface area contributed by atoms with Gasteiger partial charge in [0.1, 0.15) is 12.4 Å². The summed E-state index contributed by atoms with van der Waals surface area (Å²) in [7, 11) is 0. The molecule has 0 radical (unpaired) electrons. The van der Waals surface area contributed by atoms with Crippen LogP contribution in [0.3, 0.4) is 0 Å². The number of fused-ring (bicyclic) bond motifs is 1. The number of hydrogen-bond acceptors (Lipinski definition) is 3. The van der Waals surface area contributed by atoms with E-state index in [-0.39, 0.29) is 18.0 Å². The number of carboxylic acid groups (broad SMARTS) is 1. The van der Waals surface area contributed by atoms with Crippen molar-refractivity contribution >= 4 is 5.97 Å². The molecule has 0 aliphatic heterocycles. The molecule has 1 heterocycles. The van der Waals surface area contributed by atoms with Crippen LogP contribution in [0.25, 0.3) is 0 Å². The Morgan fingerprint density at radius 1 is 1.39 bits per heavy atom. The maximum Gasteiger partial charge on any atom is 0.323 e. The fraction of sp³-hybridized carbons (Fsp3) is 0.615. The molecule has 1 aliphatic carbocycles. The highest BCUT2D eigenvalue weighted by Crippen LogP contribution is 2.19. The SMILES string of the molecule is CC(C)c1nc2c(c(=O)n1CC(=O)O)CCCC2. The van der Waals surface area contributed by atoms with E-state index in [1.165, 1.54) is 4.57 Å². The third kappa shape index (κ3) is 2.30. The van der Waals surface area contributed by atoms with E-state index in [0.717, 1.165) is 31.4 Å². The van der Waals surface area contributed by atoms with Crippen LogP contribution in [0.15, 0.2) is 4.79 Å². The van der Waals surface area contributed by atoms with Crippen molar-refractivity contribution in [3.05, 3.63) is 27.4 Å². The van der Waals surface area contributed by atoms with Crippen molar-refractivity contribution in [1.82, 2.24) is 9.55 Å². The summed E-state index contributed by atoms with van der Waals surface area (Å²) in [6.45, 7) is 3.55. The molecule has 1 aromatic heterocycles. The highest BCUT2D eigenvalue weighted by molar-refractivity contribution is 5.66. The lowest BCUT2D eigenvalue weighted by Crippen LogP contribution is -2.34. The zero-order valence-electron chi connectivity index (χ0n) is 10.8. The second-order valence-electron chi connectivity index (χ2n) is 5.04. The van der Waals surface area contributed by atoms with Crippen molar-refractivity contribution in [2.75, 3.05) is 0 Å². The molecule has 0 amide bonds. The fourth-order valence-electron chi connectivity index (χ4n) is 2.44. The van der Waals surface area contributed by atoms with Crippen molar-refractivity contribution in [3.63, 3.8) is 0 Å². The van der Waals surface area contributed by atoms with Crippen LogP contribution in [0.5, 0.6) is 0 Å². The summed E-state index contributed by atoms with van der Waals surface area (Å²) in [4.78, 5) is 27.7. The summed E-state index contributed by atoms with van der Waals surface area (Å²) in [5, 5.41) is 8.91. The first kappa shape index (κ1) is 12.8. The Morgan fingerprint density at radius 3 is 2.67 bits per heavy atom. The molecule has 0 unspecified atom stereocenters. The maximum atomic E-state index is 12.3. The summed E-state index contributed by atoms with van der Waals surface area (Å²) in [6.07, 6.45) is 3.59. The molecule has 1 N–H and O–H groups in total. The van der Waals surface area contributed by atoms with Gasteiger partial charge in [0.15, 0.2) is 0 Å². The van der Waals surface area contributed by atoms with E-state index in [9.17, 15) is 9.59 Å². The Hall–Kier alpha value is -1.65. The zero-order chi connectivity index (χ0) is 13.3. The molecule has 5 nitrogen and oxygen atoms in total. The van der Waals surface area contributed by atoms with Crippen molar-refractivity contribution in [3.8, 4) is 0 Å². The highest BCUT2D eigenvalue weighted by Gasteiger charge is 2.21. The topological polar surface area (TPSA) is 72.2 Å². The predicted octanol–water partition coefficient (Wildman–Crippen LogP) is 1.33. The first-order valence-electron chi connectivity index (χ1n) is 6.35. The number of carbonyl (C=O) groups is 1. The predicted molar refractivity (Wildman–Crippen MR) is 66.9 cm³/mol. The molecule has 0 aromatic carbocycles. The van der Waals surface area contributed by atoms with Gasteiger partial charge in [0.05, 0.1) is 5.69 Å². The summed E-state index contributed by atoms with van der Waals surface area (Å²) in [6, 6.07) is 0. The van der Waals surface area contributed by atoms with Crippen LogP contribution in [0.1, 0.15) is 49.7 Å². The first-order valence-corrected chi connectivity index (χ1v) is 6.35. The summed E-state index contributed by atoms with van der Waals surface area (Å²) < 4.78 is 1.32. The number of aliphatic carboxylic acids is 1. The van der Waals surface area contributed by atoms with E-state index < -0.39 is 5.97 Å². The number of aryl methyl sites for hydroxylation is 1. The van der Waals surface area contributed by atoms with E-state index in [1.54, 1.807) is 0 Å². The minimum Gasteiger partial charge on any atom is -0.480 e. The number of nitrogens with zero attached hydrogens (tertiary/aromatic N) is 2. The molecule has 5 heteroatoms. The van der Waals surface area contributed by atoms with Gasteiger partial charge in [0.2, 0.25) is 0 Å². The van der Waals surface area contributed by atoms with E-state index >= 15 is 0 Å². The molecular formula is C13H18N2O3. The Balaban J connectivity index is 2.61. The van der Waals surface area contributed by atoms with E-state index in [0.29, 0.717) is 11.4 Å². The standard InChI is InChI=1S/C13H18N2O3/c1-8(2)12-14-10-6-4-3-5-9(10)13(18)15(12)7-11(16)17/h8H,3-7H2,1-2H3,(H,16,17). The van der Waals surface area contributed by atoms with Crippen LogP contribution in [0.2, 0.25) is 0 Å². The lowest BCUT2D eigenvalue weighted by Gasteiger charge is -2.20. The van der Waals surface area contributed by atoms with Gasteiger partial charge in [-0.2, -0.15) is 0 Å². The van der Waals surface area contributed by atoms with Crippen LogP contribution >= 0.6 is 0 Å². The Morgan fingerprint density at radius 2 is 2.06 bits per heavy atom. The molecule has 98 valence electrons.